The molecule has 0 aliphatic rings. The zero-order valence-corrected chi connectivity index (χ0v) is 16.5. The average Bonchev–Trinajstić information content (AvgIpc) is 2.41. The van der Waals surface area contributed by atoms with Gasteiger partial charge >= 0.3 is 12.1 Å². The standard InChI is InChI=1S/C18H35NO5/c1-9-10-11-22-14(5)15(12(2)3)23-16(20)13(4)19-17(21)24-18(6,7)8/h12-15H,9-11H2,1-8H3,(H,19,21)/t13-,14-,15?/m0/s1. The Morgan fingerprint density at radius 2 is 1.67 bits per heavy atom. The average molecular weight is 345 g/mol. The molecule has 0 saturated heterocycles. The van der Waals surface area contributed by atoms with Crippen molar-refractivity contribution in [1.82, 2.24) is 5.32 Å². The molecule has 0 fully saturated rings. The number of hydrogen-bond donors (Lipinski definition) is 1. The van der Waals surface area contributed by atoms with Crippen molar-refractivity contribution in [2.75, 3.05) is 6.61 Å². The molecule has 0 aromatic carbocycles. The van der Waals surface area contributed by atoms with E-state index in [1.807, 2.05) is 20.8 Å². The first-order valence-electron chi connectivity index (χ1n) is 8.79. The third-order valence-electron chi connectivity index (χ3n) is 3.34. The molecule has 6 nitrogen and oxygen atoms in total. The van der Waals surface area contributed by atoms with Gasteiger partial charge in [0.1, 0.15) is 17.7 Å². The maximum Gasteiger partial charge on any atom is 0.408 e. The van der Waals surface area contributed by atoms with E-state index in [-0.39, 0.29) is 18.1 Å². The zero-order chi connectivity index (χ0) is 18.9. The van der Waals surface area contributed by atoms with E-state index in [0.29, 0.717) is 6.61 Å². The van der Waals surface area contributed by atoms with Gasteiger partial charge in [-0.25, -0.2) is 9.59 Å². The molecule has 0 rings (SSSR count). The van der Waals surface area contributed by atoms with Gasteiger partial charge < -0.3 is 19.5 Å². The molecule has 0 aromatic rings. The fourth-order valence-corrected chi connectivity index (χ4v) is 2.06. The van der Waals surface area contributed by atoms with Crippen LogP contribution in [0.2, 0.25) is 0 Å². The van der Waals surface area contributed by atoms with Crippen LogP contribution in [0.25, 0.3) is 0 Å². The topological polar surface area (TPSA) is 73.9 Å². The van der Waals surface area contributed by atoms with Crippen LogP contribution in [0.15, 0.2) is 0 Å². The molecule has 0 aliphatic heterocycles. The molecular weight excluding hydrogens is 310 g/mol. The molecule has 0 heterocycles. The summed E-state index contributed by atoms with van der Waals surface area (Å²) in [5.41, 5.74) is -0.615. The number of ether oxygens (including phenoxy) is 3. The van der Waals surface area contributed by atoms with Gasteiger partial charge in [0.15, 0.2) is 0 Å². The van der Waals surface area contributed by atoms with Gasteiger partial charge in [-0.3, -0.25) is 0 Å². The van der Waals surface area contributed by atoms with Crippen LogP contribution in [0, 0.1) is 5.92 Å². The number of amides is 1. The SMILES string of the molecule is CCCCO[C@@H](C)C(OC(=O)[C@H](C)NC(=O)OC(C)(C)C)C(C)C. The molecule has 1 amide bonds. The Hall–Kier alpha value is -1.30. The van der Waals surface area contributed by atoms with Gasteiger partial charge in [-0.1, -0.05) is 27.2 Å². The van der Waals surface area contributed by atoms with E-state index in [0.717, 1.165) is 12.8 Å². The van der Waals surface area contributed by atoms with E-state index in [4.69, 9.17) is 14.2 Å². The predicted octanol–water partition coefficient (Wildman–Crippen LogP) is 3.67. The van der Waals surface area contributed by atoms with Crippen molar-refractivity contribution in [3.05, 3.63) is 0 Å². The molecule has 0 saturated carbocycles. The second kappa shape index (κ2) is 10.5. The van der Waals surface area contributed by atoms with Crippen LogP contribution >= 0.6 is 0 Å². The predicted molar refractivity (Wildman–Crippen MR) is 93.9 cm³/mol. The lowest BCUT2D eigenvalue weighted by molar-refractivity contribution is -0.162. The molecule has 0 bridgehead atoms. The van der Waals surface area contributed by atoms with Crippen molar-refractivity contribution in [1.29, 1.82) is 0 Å². The number of unbranched alkanes of at least 4 members (excludes halogenated alkanes) is 1. The highest BCUT2D eigenvalue weighted by molar-refractivity contribution is 5.81. The third-order valence-corrected chi connectivity index (χ3v) is 3.34. The van der Waals surface area contributed by atoms with E-state index in [9.17, 15) is 9.59 Å². The summed E-state index contributed by atoms with van der Waals surface area (Å²) in [6, 6.07) is -0.788. The smallest absolute Gasteiger partial charge is 0.408 e. The van der Waals surface area contributed by atoms with Crippen LogP contribution in [0.4, 0.5) is 4.79 Å². The third kappa shape index (κ3) is 9.75. The van der Waals surface area contributed by atoms with E-state index >= 15 is 0 Å². The Kier molecular flexibility index (Phi) is 9.97. The normalized spacial score (nSPS) is 15.5. The van der Waals surface area contributed by atoms with Gasteiger partial charge in [-0.05, 0) is 47.0 Å². The van der Waals surface area contributed by atoms with Crippen molar-refractivity contribution in [3.63, 3.8) is 0 Å². The minimum absolute atomic E-state index is 0.110. The first-order chi connectivity index (χ1) is 11.0. The van der Waals surface area contributed by atoms with Gasteiger partial charge in [0.2, 0.25) is 0 Å². The molecule has 0 radical (unpaired) electrons. The van der Waals surface area contributed by atoms with E-state index in [1.165, 1.54) is 0 Å². The molecule has 142 valence electrons. The number of carbonyl (C=O) groups is 2. The Bertz CT molecular complexity index is 389. The fraction of sp³-hybridized carbons (Fsp3) is 0.889. The van der Waals surface area contributed by atoms with Crippen LogP contribution in [0.5, 0.6) is 0 Å². The van der Waals surface area contributed by atoms with Crippen LogP contribution in [-0.2, 0) is 19.0 Å². The fourth-order valence-electron chi connectivity index (χ4n) is 2.06. The molecule has 0 spiro atoms. The van der Waals surface area contributed by atoms with Gasteiger partial charge in [-0.15, -0.1) is 0 Å². The lowest BCUT2D eigenvalue weighted by atomic mass is 10.0. The van der Waals surface area contributed by atoms with Crippen LogP contribution in [0.3, 0.4) is 0 Å². The summed E-state index contributed by atoms with van der Waals surface area (Å²) < 4.78 is 16.4. The minimum Gasteiger partial charge on any atom is -0.458 e. The molecule has 6 heteroatoms. The maximum atomic E-state index is 12.2. The summed E-state index contributed by atoms with van der Waals surface area (Å²) in [6.45, 7) is 15.5. The van der Waals surface area contributed by atoms with E-state index in [1.54, 1.807) is 27.7 Å². The Morgan fingerprint density at radius 3 is 2.12 bits per heavy atom. The van der Waals surface area contributed by atoms with Gasteiger partial charge in [-0.2, -0.15) is 0 Å². The quantitative estimate of drug-likeness (QED) is 0.510. The van der Waals surface area contributed by atoms with E-state index in [2.05, 4.69) is 12.2 Å². The molecule has 1 N–H and O–H groups in total. The summed E-state index contributed by atoms with van der Waals surface area (Å²) in [6.07, 6.45) is 0.821. The zero-order valence-electron chi connectivity index (χ0n) is 16.5. The number of rotatable bonds is 9. The van der Waals surface area contributed by atoms with E-state index < -0.39 is 23.7 Å². The Balaban J connectivity index is 4.57. The number of alkyl carbamates (subject to hydrolysis) is 1. The summed E-state index contributed by atoms with van der Waals surface area (Å²) in [5.74, 6) is -0.384. The lowest BCUT2D eigenvalue weighted by Gasteiger charge is -2.29. The minimum atomic E-state index is -0.788. The molecule has 1 unspecified atom stereocenters. The number of nitrogens with one attached hydrogen (secondary N) is 1. The first-order valence-corrected chi connectivity index (χ1v) is 8.79. The Morgan fingerprint density at radius 1 is 1.08 bits per heavy atom. The van der Waals surface area contributed by atoms with Crippen molar-refractivity contribution in [2.45, 2.75) is 92.1 Å². The summed E-state index contributed by atoms with van der Waals surface area (Å²) in [7, 11) is 0. The maximum absolute atomic E-state index is 12.2. The first kappa shape index (κ1) is 22.7. The van der Waals surface area contributed by atoms with Gasteiger partial charge in [0, 0.05) is 6.61 Å². The summed E-state index contributed by atoms with van der Waals surface area (Å²) in [4.78, 5) is 24.0. The molecule has 0 aromatic heterocycles. The highest BCUT2D eigenvalue weighted by Crippen LogP contribution is 2.16. The van der Waals surface area contributed by atoms with Crippen LogP contribution in [0.1, 0.15) is 68.2 Å². The Labute approximate surface area is 146 Å². The lowest BCUT2D eigenvalue weighted by Crippen LogP contribution is -2.45. The second-order valence-electron chi connectivity index (χ2n) is 7.44. The number of carbonyl (C=O) groups excluding carboxylic acids is 2. The molecule has 24 heavy (non-hydrogen) atoms. The monoisotopic (exact) mass is 345 g/mol. The molecule has 3 atom stereocenters. The number of esters is 1. The van der Waals surface area contributed by atoms with Gasteiger partial charge in [0.25, 0.3) is 0 Å². The van der Waals surface area contributed by atoms with Crippen molar-refractivity contribution >= 4 is 12.1 Å². The largest absolute Gasteiger partial charge is 0.458 e. The van der Waals surface area contributed by atoms with Crippen molar-refractivity contribution < 1.29 is 23.8 Å². The van der Waals surface area contributed by atoms with Crippen molar-refractivity contribution in [3.8, 4) is 0 Å². The van der Waals surface area contributed by atoms with Gasteiger partial charge in [0.05, 0.1) is 6.10 Å². The highest BCUT2D eigenvalue weighted by atomic mass is 16.6. The summed E-state index contributed by atoms with van der Waals surface area (Å²) >= 11 is 0. The van der Waals surface area contributed by atoms with Crippen LogP contribution in [-0.4, -0.2) is 42.5 Å². The highest BCUT2D eigenvalue weighted by Gasteiger charge is 2.29. The van der Waals surface area contributed by atoms with Crippen molar-refractivity contribution in [2.24, 2.45) is 5.92 Å². The van der Waals surface area contributed by atoms with Crippen LogP contribution < -0.4 is 5.32 Å². The number of hydrogen-bond acceptors (Lipinski definition) is 5. The molecular formula is C18H35NO5. The second-order valence-corrected chi connectivity index (χ2v) is 7.44. The summed E-state index contributed by atoms with van der Waals surface area (Å²) in [5, 5.41) is 2.50. The molecule has 0 aliphatic carbocycles.